The van der Waals surface area contributed by atoms with Crippen LogP contribution in [0.1, 0.15) is 20.3 Å². The molecule has 0 heterocycles. The van der Waals surface area contributed by atoms with Gasteiger partial charge in [-0.05, 0) is 13.3 Å². The fourth-order valence-corrected chi connectivity index (χ4v) is 0.832. The van der Waals surface area contributed by atoms with Gasteiger partial charge < -0.3 is 10.0 Å². The molecule has 0 rings (SSSR count). The molecule has 0 aromatic heterocycles. The Hall–Kier alpha value is -0.990. The minimum absolute atomic E-state index is 0.481. The average molecular weight is 157 g/mol. The molecule has 11 heavy (non-hydrogen) atoms. The van der Waals surface area contributed by atoms with Crippen LogP contribution >= 0.6 is 0 Å². The highest BCUT2D eigenvalue weighted by atomic mass is 16.4. The van der Waals surface area contributed by atoms with Crippen molar-refractivity contribution in [2.24, 2.45) is 0 Å². The summed E-state index contributed by atoms with van der Waals surface area (Å²) in [5, 5.41) is 8.71. The second kappa shape index (κ2) is 4.01. The molecule has 64 valence electrons. The Morgan fingerprint density at radius 1 is 1.45 bits per heavy atom. The smallest absolute Gasteiger partial charge is 0.333 e. The first-order chi connectivity index (χ1) is 5.00. The van der Waals surface area contributed by atoms with Gasteiger partial charge in [-0.15, -0.1) is 0 Å². The molecule has 0 saturated heterocycles. The van der Waals surface area contributed by atoms with Gasteiger partial charge in [0, 0.05) is 19.8 Å². The molecule has 0 radical (unpaired) electrons. The van der Waals surface area contributed by atoms with E-state index >= 15 is 0 Å². The van der Waals surface area contributed by atoms with Crippen LogP contribution in [0.4, 0.5) is 0 Å². The molecule has 0 amide bonds. The Labute approximate surface area is 67.3 Å². The Bertz CT molecular complexity index is 183. The molecule has 1 N–H and O–H groups in total. The summed E-state index contributed by atoms with van der Waals surface area (Å²) in [6.45, 7) is 3.66. The second-order valence-corrected chi connectivity index (χ2v) is 2.62. The van der Waals surface area contributed by atoms with E-state index in [1.807, 2.05) is 32.8 Å². The lowest BCUT2D eigenvalue weighted by molar-refractivity contribution is -0.132. The predicted octanol–water partition coefficient (Wildman–Crippen LogP) is 1.32. The highest BCUT2D eigenvalue weighted by Crippen LogP contribution is 2.09. The van der Waals surface area contributed by atoms with Gasteiger partial charge >= 0.3 is 5.97 Å². The van der Waals surface area contributed by atoms with E-state index in [9.17, 15) is 4.79 Å². The first-order valence-electron chi connectivity index (χ1n) is 3.61. The number of aliphatic carboxylic acids is 1. The third-order valence-corrected chi connectivity index (χ3v) is 1.72. The second-order valence-electron chi connectivity index (χ2n) is 2.62. The van der Waals surface area contributed by atoms with Crippen molar-refractivity contribution >= 4 is 5.97 Å². The van der Waals surface area contributed by atoms with E-state index in [1.165, 1.54) is 0 Å². The molecule has 0 aromatic carbocycles. The van der Waals surface area contributed by atoms with E-state index in [0.29, 0.717) is 12.0 Å². The van der Waals surface area contributed by atoms with Crippen LogP contribution in [0.15, 0.2) is 11.3 Å². The van der Waals surface area contributed by atoms with E-state index in [0.717, 1.165) is 5.70 Å². The maximum atomic E-state index is 10.6. The standard InChI is InChI=1S/C8H15NO2/c1-5-7(8(10)11)6(2)9(3)4/h5H2,1-4H3,(H,10,11). The Kier molecular flexibility index (Phi) is 3.65. The summed E-state index contributed by atoms with van der Waals surface area (Å²) in [6, 6.07) is 0. The summed E-state index contributed by atoms with van der Waals surface area (Å²) >= 11 is 0. The van der Waals surface area contributed by atoms with Crippen LogP contribution in [0.2, 0.25) is 0 Å². The summed E-state index contributed by atoms with van der Waals surface area (Å²) in [6.07, 6.45) is 0.569. The van der Waals surface area contributed by atoms with Crippen LogP contribution in [0.3, 0.4) is 0 Å². The zero-order valence-electron chi connectivity index (χ0n) is 7.51. The number of nitrogens with zero attached hydrogens (tertiary/aromatic N) is 1. The fourth-order valence-electron chi connectivity index (χ4n) is 0.832. The molecule has 0 aliphatic carbocycles. The maximum absolute atomic E-state index is 10.6. The Morgan fingerprint density at radius 2 is 1.91 bits per heavy atom. The molecular weight excluding hydrogens is 142 g/mol. The molecule has 0 aromatic rings. The predicted molar refractivity (Wildman–Crippen MR) is 44.3 cm³/mol. The highest BCUT2D eigenvalue weighted by Gasteiger charge is 2.09. The largest absolute Gasteiger partial charge is 0.478 e. The number of hydrogen-bond acceptors (Lipinski definition) is 2. The van der Waals surface area contributed by atoms with Crippen LogP contribution in [-0.4, -0.2) is 30.1 Å². The van der Waals surface area contributed by atoms with Gasteiger partial charge in [-0.3, -0.25) is 0 Å². The van der Waals surface area contributed by atoms with Crippen molar-refractivity contribution in [3.8, 4) is 0 Å². The van der Waals surface area contributed by atoms with E-state index in [2.05, 4.69) is 0 Å². The minimum Gasteiger partial charge on any atom is -0.478 e. The minimum atomic E-state index is -0.821. The van der Waals surface area contributed by atoms with Gasteiger partial charge in [0.25, 0.3) is 0 Å². The quantitative estimate of drug-likeness (QED) is 0.628. The highest BCUT2D eigenvalue weighted by molar-refractivity contribution is 5.87. The average Bonchev–Trinajstić information content (AvgIpc) is 1.88. The van der Waals surface area contributed by atoms with Gasteiger partial charge in [0.15, 0.2) is 0 Å². The molecular formula is C8H15NO2. The number of carboxylic acids is 1. The normalized spacial score (nSPS) is 12.4. The molecule has 0 saturated carbocycles. The summed E-state index contributed by atoms with van der Waals surface area (Å²) in [5.74, 6) is -0.821. The summed E-state index contributed by atoms with van der Waals surface area (Å²) in [4.78, 5) is 12.4. The van der Waals surface area contributed by atoms with Crippen molar-refractivity contribution in [2.45, 2.75) is 20.3 Å². The van der Waals surface area contributed by atoms with E-state index in [-0.39, 0.29) is 0 Å². The Balaban J connectivity index is 4.68. The van der Waals surface area contributed by atoms with Gasteiger partial charge in [-0.2, -0.15) is 0 Å². The summed E-state index contributed by atoms with van der Waals surface area (Å²) in [5.41, 5.74) is 1.30. The molecule has 0 aliphatic heterocycles. The third kappa shape index (κ3) is 2.62. The van der Waals surface area contributed by atoms with Crippen molar-refractivity contribution < 1.29 is 9.90 Å². The fraction of sp³-hybridized carbons (Fsp3) is 0.625. The van der Waals surface area contributed by atoms with Crippen LogP contribution in [0.25, 0.3) is 0 Å². The topological polar surface area (TPSA) is 40.5 Å². The number of carbonyl (C=O) groups is 1. The number of carboxylic acid groups (broad SMARTS) is 1. The maximum Gasteiger partial charge on any atom is 0.333 e. The first kappa shape index (κ1) is 10.0. The zero-order chi connectivity index (χ0) is 9.02. The van der Waals surface area contributed by atoms with Gasteiger partial charge in [-0.1, -0.05) is 6.92 Å². The lowest BCUT2D eigenvalue weighted by atomic mass is 10.1. The van der Waals surface area contributed by atoms with E-state index < -0.39 is 5.97 Å². The van der Waals surface area contributed by atoms with Crippen molar-refractivity contribution in [3.63, 3.8) is 0 Å². The zero-order valence-corrected chi connectivity index (χ0v) is 7.51. The van der Waals surface area contributed by atoms with E-state index in [4.69, 9.17) is 5.11 Å². The molecule has 0 fully saturated rings. The monoisotopic (exact) mass is 157 g/mol. The molecule has 0 spiro atoms. The summed E-state index contributed by atoms with van der Waals surface area (Å²) in [7, 11) is 3.68. The van der Waals surface area contributed by atoms with Gasteiger partial charge in [-0.25, -0.2) is 4.79 Å². The van der Waals surface area contributed by atoms with Crippen LogP contribution in [0.5, 0.6) is 0 Å². The molecule has 0 atom stereocenters. The lowest BCUT2D eigenvalue weighted by Gasteiger charge is -2.15. The van der Waals surface area contributed by atoms with Crippen molar-refractivity contribution in [3.05, 3.63) is 11.3 Å². The first-order valence-corrected chi connectivity index (χ1v) is 3.61. The summed E-state index contributed by atoms with van der Waals surface area (Å²) < 4.78 is 0. The molecule has 0 aliphatic rings. The number of allylic oxidation sites excluding steroid dienone is 1. The van der Waals surface area contributed by atoms with Crippen LogP contribution < -0.4 is 0 Å². The molecule has 0 bridgehead atoms. The van der Waals surface area contributed by atoms with Gasteiger partial charge in [0.2, 0.25) is 0 Å². The molecule has 3 heteroatoms. The lowest BCUT2D eigenvalue weighted by Crippen LogP contribution is -2.14. The molecule has 0 unspecified atom stereocenters. The van der Waals surface area contributed by atoms with Crippen LogP contribution in [-0.2, 0) is 4.79 Å². The van der Waals surface area contributed by atoms with Gasteiger partial charge in [0.05, 0.1) is 5.57 Å². The van der Waals surface area contributed by atoms with Crippen molar-refractivity contribution in [1.29, 1.82) is 0 Å². The third-order valence-electron chi connectivity index (χ3n) is 1.72. The van der Waals surface area contributed by atoms with E-state index in [1.54, 1.807) is 0 Å². The number of hydrogen-bond donors (Lipinski definition) is 1. The van der Waals surface area contributed by atoms with Crippen molar-refractivity contribution in [1.82, 2.24) is 4.90 Å². The Morgan fingerprint density at radius 3 is 2.00 bits per heavy atom. The van der Waals surface area contributed by atoms with Gasteiger partial charge in [0.1, 0.15) is 0 Å². The van der Waals surface area contributed by atoms with Crippen molar-refractivity contribution in [2.75, 3.05) is 14.1 Å². The molecule has 3 nitrogen and oxygen atoms in total. The SMILES string of the molecule is CCC(C(=O)O)=C(C)N(C)C. The van der Waals surface area contributed by atoms with Crippen LogP contribution in [0, 0.1) is 0 Å². The number of rotatable bonds is 3.